The maximum absolute atomic E-state index is 14.7. The van der Waals surface area contributed by atoms with Gasteiger partial charge in [-0.1, -0.05) is 112 Å². The molecular formula is C38H60O8. The van der Waals surface area contributed by atoms with Gasteiger partial charge in [0.25, 0.3) is 0 Å². The van der Waals surface area contributed by atoms with Gasteiger partial charge in [-0.05, 0) is 37.2 Å². The Bertz CT molecular complexity index is 1220. The second-order valence-electron chi connectivity index (χ2n) is 15.9. The Morgan fingerprint density at radius 3 is 2.17 bits per heavy atom. The Labute approximate surface area is 276 Å². The lowest BCUT2D eigenvalue weighted by molar-refractivity contribution is -0.207. The number of aliphatic hydroxyl groups excluding tert-OH is 2. The molecule has 2 saturated carbocycles. The monoisotopic (exact) mass is 644 g/mol. The summed E-state index contributed by atoms with van der Waals surface area (Å²) < 4.78 is 12.1. The first kappa shape index (κ1) is 36.8. The predicted octanol–water partition coefficient (Wildman–Crippen LogP) is 6.24. The van der Waals surface area contributed by atoms with Crippen LogP contribution in [0.4, 0.5) is 0 Å². The molecule has 0 heterocycles. The number of rotatable bonds is 15. The molecule has 0 aromatic rings. The zero-order valence-electron chi connectivity index (χ0n) is 29.6. The van der Waals surface area contributed by atoms with E-state index in [1.165, 1.54) is 38.5 Å². The summed E-state index contributed by atoms with van der Waals surface area (Å²) in [6.45, 7) is 15.1. The largest absolute Gasteiger partial charge is 0.465 e. The van der Waals surface area contributed by atoms with Crippen molar-refractivity contribution < 1.29 is 39.2 Å². The number of ketones is 1. The van der Waals surface area contributed by atoms with Crippen molar-refractivity contribution in [1.29, 1.82) is 0 Å². The molecule has 0 aromatic carbocycles. The lowest BCUT2D eigenvalue weighted by Crippen LogP contribution is -2.66. The number of ether oxygens (including phenoxy) is 2. The number of fused-ring (bicyclic) bond motifs is 3. The van der Waals surface area contributed by atoms with Crippen LogP contribution in [-0.2, 0) is 23.9 Å². The number of carbonyl (C=O) groups is 3. The quantitative estimate of drug-likeness (QED) is 0.108. The van der Waals surface area contributed by atoms with Crippen LogP contribution in [-0.4, -0.2) is 63.1 Å². The minimum absolute atomic E-state index is 0.0455. The van der Waals surface area contributed by atoms with Crippen molar-refractivity contribution in [1.82, 2.24) is 0 Å². The summed E-state index contributed by atoms with van der Waals surface area (Å²) in [5.41, 5.74) is -4.66. The molecule has 3 N–H and O–H groups in total. The lowest BCUT2D eigenvalue weighted by atomic mass is 9.59. The molecule has 4 aliphatic carbocycles. The van der Waals surface area contributed by atoms with Gasteiger partial charge in [-0.2, -0.15) is 0 Å². The predicted molar refractivity (Wildman–Crippen MR) is 176 cm³/mol. The van der Waals surface area contributed by atoms with Gasteiger partial charge in [-0.3, -0.25) is 14.4 Å². The number of unbranched alkanes of at least 4 members (excludes halogenated alkanes) is 8. The highest BCUT2D eigenvalue weighted by molar-refractivity contribution is 6.06. The molecule has 4 aliphatic rings. The first-order valence-electron chi connectivity index (χ1n) is 18.0. The maximum atomic E-state index is 14.7. The van der Waals surface area contributed by atoms with Gasteiger partial charge in [-0.25, -0.2) is 0 Å². The van der Waals surface area contributed by atoms with Crippen molar-refractivity contribution in [3.63, 3.8) is 0 Å². The molecule has 0 radical (unpaired) electrons. The third-order valence-corrected chi connectivity index (χ3v) is 12.3. The Kier molecular flexibility index (Phi) is 11.1. The molecule has 1 spiro atoms. The van der Waals surface area contributed by atoms with Gasteiger partial charge in [0.2, 0.25) is 0 Å². The number of carbonyl (C=O) groups excluding carboxylic acids is 3. The van der Waals surface area contributed by atoms with Crippen molar-refractivity contribution in [2.24, 2.45) is 40.4 Å². The molecule has 8 nitrogen and oxygen atoms in total. The number of hydrogen-bond acceptors (Lipinski definition) is 8. The zero-order valence-corrected chi connectivity index (χ0v) is 29.6. The molecule has 2 bridgehead atoms. The molecule has 0 saturated heterocycles. The molecule has 260 valence electrons. The van der Waals surface area contributed by atoms with Gasteiger partial charge in [0, 0.05) is 29.2 Å². The van der Waals surface area contributed by atoms with Crippen LogP contribution in [0.15, 0.2) is 23.3 Å². The molecule has 0 aromatic heterocycles. The summed E-state index contributed by atoms with van der Waals surface area (Å²) in [4.78, 5) is 40.9. The summed E-state index contributed by atoms with van der Waals surface area (Å²) >= 11 is 0. The van der Waals surface area contributed by atoms with E-state index in [4.69, 9.17) is 9.47 Å². The molecule has 2 fully saturated rings. The number of hydrogen-bond donors (Lipinski definition) is 3. The van der Waals surface area contributed by atoms with E-state index in [-0.39, 0.29) is 30.2 Å². The minimum Gasteiger partial charge on any atom is -0.465 e. The average Bonchev–Trinajstić information content (AvgIpc) is 3.41. The van der Waals surface area contributed by atoms with E-state index in [1.54, 1.807) is 26.0 Å². The van der Waals surface area contributed by atoms with Crippen LogP contribution in [0.3, 0.4) is 0 Å². The first-order chi connectivity index (χ1) is 21.5. The van der Waals surface area contributed by atoms with E-state index in [0.29, 0.717) is 24.0 Å². The van der Waals surface area contributed by atoms with E-state index < -0.39 is 58.0 Å². The van der Waals surface area contributed by atoms with Crippen LogP contribution in [0.1, 0.15) is 126 Å². The standard InChI is InChI=1S/C38H60O8/c1-9-10-11-12-13-14-15-16-17-18-29(39)46-37-21-25(5)36-20-24(4)31(40)38(36,44)32(41)27(22-45-34(43)26(6)23(2)3)19-28(33(36)42)30(37)35(37,7)8/h19-20,23,25-27,30-32,40-41,44H,9-18,21-22H2,1-8H3/t25-,26?,27?,30-,31+,32-,36?,37?,38-/m1/s1. The number of Topliss-reactive ketones (excluding diaryl/α,β-unsaturated/α-hetero) is 1. The third kappa shape index (κ3) is 5.93. The molecule has 0 aliphatic heterocycles. The van der Waals surface area contributed by atoms with Crippen LogP contribution in [0.5, 0.6) is 0 Å². The van der Waals surface area contributed by atoms with Gasteiger partial charge >= 0.3 is 11.9 Å². The molecule has 4 rings (SSSR count). The van der Waals surface area contributed by atoms with E-state index in [1.807, 2.05) is 34.6 Å². The fourth-order valence-corrected chi connectivity index (χ4v) is 8.97. The van der Waals surface area contributed by atoms with Gasteiger partial charge in [0.05, 0.1) is 17.4 Å². The second kappa shape index (κ2) is 13.8. The lowest BCUT2D eigenvalue weighted by Gasteiger charge is -2.48. The first-order valence-corrected chi connectivity index (χ1v) is 18.0. The smallest absolute Gasteiger partial charge is 0.308 e. The van der Waals surface area contributed by atoms with Crippen molar-refractivity contribution in [2.45, 2.75) is 149 Å². The number of aliphatic hydroxyl groups is 3. The van der Waals surface area contributed by atoms with Crippen molar-refractivity contribution in [3.8, 4) is 0 Å². The van der Waals surface area contributed by atoms with Gasteiger partial charge < -0.3 is 24.8 Å². The van der Waals surface area contributed by atoms with Gasteiger partial charge in [0.15, 0.2) is 5.78 Å². The fourth-order valence-electron chi connectivity index (χ4n) is 8.97. The molecule has 46 heavy (non-hydrogen) atoms. The maximum Gasteiger partial charge on any atom is 0.308 e. The van der Waals surface area contributed by atoms with Gasteiger partial charge in [0.1, 0.15) is 23.9 Å². The van der Waals surface area contributed by atoms with Crippen LogP contribution < -0.4 is 0 Å². The van der Waals surface area contributed by atoms with E-state index >= 15 is 0 Å². The summed E-state index contributed by atoms with van der Waals surface area (Å²) in [7, 11) is 0. The minimum atomic E-state index is -2.25. The Morgan fingerprint density at radius 2 is 1.59 bits per heavy atom. The third-order valence-electron chi connectivity index (χ3n) is 12.3. The molecule has 9 atom stereocenters. The second-order valence-corrected chi connectivity index (χ2v) is 15.9. The highest BCUT2D eigenvalue weighted by atomic mass is 16.6. The molecule has 4 unspecified atom stereocenters. The Morgan fingerprint density at radius 1 is 1.00 bits per heavy atom. The van der Waals surface area contributed by atoms with Crippen molar-refractivity contribution in [3.05, 3.63) is 23.3 Å². The van der Waals surface area contributed by atoms with E-state index in [2.05, 4.69) is 6.92 Å². The summed E-state index contributed by atoms with van der Waals surface area (Å²) in [6, 6.07) is 0. The Balaban J connectivity index is 1.59. The van der Waals surface area contributed by atoms with Crippen molar-refractivity contribution >= 4 is 17.7 Å². The molecule has 8 heteroatoms. The topological polar surface area (TPSA) is 130 Å². The van der Waals surface area contributed by atoms with Gasteiger partial charge in [-0.15, -0.1) is 0 Å². The Hall–Kier alpha value is -2.03. The number of esters is 2. The zero-order chi connectivity index (χ0) is 34.2. The van der Waals surface area contributed by atoms with Crippen molar-refractivity contribution in [2.75, 3.05) is 6.61 Å². The van der Waals surface area contributed by atoms with Crippen LogP contribution in [0.25, 0.3) is 0 Å². The average molecular weight is 645 g/mol. The van der Waals surface area contributed by atoms with Crippen LogP contribution in [0.2, 0.25) is 0 Å². The van der Waals surface area contributed by atoms with Crippen LogP contribution in [0, 0.1) is 40.4 Å². The summed E-state index contributed by atoms with van der Waals surface area (Å²) in [6.07, 6.45) is 11.1. The van der Waals surface area contributed by atoms with E-state index in [0.717, 1.165) is 19.3 Å². The molecular weight excluding hydrogens is 584 g/mol. The van der Waals surface area contributed by atoms with Crippen LogP contribution >= 0.6 is 0 Å². The SMILES string of the molecule is CCCCCCCCCCCC(=O)OC12C[C@@H](C)C34C=C(C)[C@H](O)[C@@]3(O)[C@H](O)C(COC(=O)C(C)C(C)C)C=C(C4=O)[C@@H]1C2(C)C. The highest BCUT2D eigenvalue weighted by Gasteiger charge is 2.82. The summed E-state index contributed by atoms with van der Waals surface area (Å²) in [5.74, 6) is -3.42. The highest BCUT2D eigenvalue weighted by Crippen LogP contribution is 2.75. The normalized spacial score (nSPS) is 36.5. The molecule has 0 amide bonds. The van der Waals surface area contributed by atoms with E-state index in [9.17, 15) is 29.7 Å². The summed E-state index contributed by atoms with van der Waals surface area (Å²) in [5, 5.41) is 35.6. The fraction of sp³-hybridized carbons (Fsp3) is 0.816.